The van der Waals surface area contributed by atoms with Crippen molar-refractivity contribution in [1.29, 1.82) is 0 Å². The second kappa shape index (κ2) is 3.82. The van der Waals surface area contributed by atoms with Crippen LogP contribution in [-0.2, 0) is 0 Å². The zero-order valence-corrected chi connectivity index (χ0v) is 7.56. The van der Waals surface area contributed by atoms with Crippen LogP contribution in [0.4, 0.5) is 10.3 Å². The first-order valence-corrected chi connectivity index (χ1v) is 3.81. The fourth-order valence-electron chi connectivity index (χ4n) is 0.568. The predicted molar refractivity (Wildman–Crippen MR) is 44.0 cm³/mol. The Morgan fingerprint density at radius 1 is 1.25 bits per heavy atom. The van der Waals surface area contributed by atoms with Crippen molar-refractivity contribution in [1.82, 2.24) is 15.0 Å². The molecule has 66 valence electrons. The lowest BCUT2D eigenvalue weighted by atomic mass is 10.7. The molecule has 0 aliphatic carbocycles. The van der Waals surface area contributed by atoms with E-state index in [-0.39, 0.29) is 16.5 Å². The molecule has 1 aromatic rings. The maximum atomic E-state index is 12.4. The third-order valence-corrected chi connectivity index (χ3v) is 1.25. The van der Waals surface area contributed by atoms with Crippen LogP contribution in [-0.4, -0.2) is 21.2 Å². The van der Waals surface area contributed by atoms with Crippen LogP contribution in [0, 0.1) is 0 Å². The lowest BCUT2D eigenvalue weighted by Gasteiger charge is -2.04. The van der Waals surface area contributed by atoms with Gasteiger partial charge in [0.05, 0.1) is 0 Å². The van der Waals surface area contributed by atoms with Gasteiger partial charge >= 0.3 is 0 Å². The van der Waals surface area contributed by atoms with Crippen LogP contribution in [0.2, 0.25) is 10.6 Å². The second-order valence-electron chi connectivity index (χ2n) is 1.96. The van der Waals surface area contributed by atoms with Crippen LogP contribution in [0.3, 0.4) is 0 Å². The molecule has 0 amide bonds. The lowest BCUT2D eigenvalue weighted by Crippen LogP contribution is -2.11. The molecular weight excluding hydrogens is 206 g/mol. The van der Waals surface area contributed by atoms with Gasteiger partial charge in [0.15, 0.2) is 6.30 Å². The van der Waals surface area contributed by atoms with E-state index >= 15 is 0 Å². The summed E-state index contributed by atoms with van der Waals surface area (Å²) in [7, 11) is 0. The second-order valence-corrected chi connectivity index (χ2v) is 2.63. The van der Waals surface area contributed by atoms with Gasteiger partial charge in [-0.3, -0.25) is 0 Å². The van der Waals surface area contributed by atoms with Crippen molar-refractivity contribution in [2.45, 2.75) is 13.2 Å². The molecule has 0 aliphatic rings. The normalized spacial score (nSPS) is 12.7. The number of nitrogens with zero attached hydrogens (tertiary/aromatic N) is 3. The molecule has 0 aliphatic heterocycles. The van der Waals surface area contributed by atoms with Crippen LogP contribution < -0.4 is 5.32 Å². The molecule has 1 heterocycles. The Hall–Kier alpha value is -0.680. The fraction of sp³-hybridized carbons (Fsp3) is 0.400. The Bertz CT molecular complexity index is 260. The molecule has 0 saturated carbocycles. The summed E-state index contributed by atoms with van der Waals surface area (Å²) < 4.78 is 12.4. The Morgan fingerprint density at radius 3 is 2.17 bits per heavy atom. The van der Waals surface area contributed by atoms with E-state index in [9.17, 15) is 4.39 Å². The summed E-state index contributed by atoms with van der Waals surface area (Å²) in [5, 5.41) is 2.15. The Labute approximate surface area is 78.1 Å². The smallest absolute Gasteiger partial charge is 0.230 e. The van der Waals surface area contributed by atoms with E-state index in [0.717, 1.165) is 0 Å². The van der Waals surface area contributed by atoms with Gasteiger partial charge in [-0.25, -0.2) is 4.39 Å². The SMILES string of the molecule is CC(F)Nc1nc(Cl)nc(Cl)n1. The Kier molecular flexibility index (Phi) is 2.99. The average Bonchev–Trinajstić information content (AvgIpc) is 1.81. The van der Waals surface area contributed by atoms with E-state index in [2.05, 4.69) is 20.3 Å². The summed E-state index contributed by atoms with van der Waals surface area (Å²) in [5.74, 6) is 0.0231. The average molecular weight is 211 g/mol. The highest BCUT2D eigenvalue weighted by Gasteiger charge is 2.04. The van der Waals surface area contributed by atoms with Gasteiger partial charge in [0.1, 0.15) is 0 Å². The molecule has 12 heavy (non-hydrogen) atoms. The molecule has 1 unspecified atom stereocenters. The molecule has 0 radical (unpaired) electrons. The quantitative estimate of drug-likeness (QED) is 0.759. The zero-order chi connectivity index (χ0) is 9.14. The first kappa shape index (κ1) is 9.41. The van der Waals surface area contributed by atoms with Crippen LogP contribution in [0.1, 0.15) is 6.92 Å². The summed E-state index contributed by atoms with van der Waals surface area (Å²) in [4.78, 5) is 10.7. The van der Waals surface area contributed by atoms with Gasteiger partial charge in [0, 0.05) is 0 Å². The van der Waals surface area contributed by atoms with Gasteiger partial charge in [-0.15, -0.1) is 0 Å². The van der Waals surface area contributed by atoms with Crippen molar-refractivity contribution in [3.63, 3.8) is 0 Å². The Balaban J connectivity index is 2.85. The third kappa shape index (κ3) is 2.75. The van der Waals surface area contributed by atoms with E-state index in [0.29, 0.717) is 0 Å². The molecule has 1 rings (SSSR count). The van der Waals surface area contributed by atoms with E-state index in [1.807, 2.05) is 0 Å². The van der Waals surface area contributed by atoms with Crippen LogP contribution in [0.25, 0.3) is 0 Å². The minimum absolute atomic E-state index is 0.0231. The summed E-state index contributed by atoms with van der Waals surface area (Å²) in [5.41, 5.74) is 0. The highest BCUT2D eigenvalue weighted by molar-refractivity contribution is 6.31. The summed E-state index contributed by atoms with van der Waals surface area (Å²) in [6, 6.07) is 0. The first-order valence-electron chi connectivity index (χ1n) is 3.05. The van der Waals surface area contributed by atoms with Crippen molar-refractivity contribution in [3.05, 3.63) is 10.6 Å². The standard InChI is InChI=1S/C5H5Cl2FN4/c1-2(8)9-5-11-3(6)10-4(7)12-5/h2H,1H3,(H,9,10,11,12). The lowest BCUT2D eigenvalue weighted by molar-refractivity contribution is 0.400. The number of aromatic nitrogens is 3. The van der Waals surface area contributed by atoms with Crippen molar-refractivity contribution in [2.24, 2.45) is 0 Å². The molecule has 7 heteroatoms. The van der Waals surface area contributed by atoms with Crippen LogP contribution in [0.15, 0.2) is 0 Å². The minimum Gasteiger partial charge on any atom is -0.325 e. The number of anilines is 1. The van der Waals surface area contributed by atoms with E-state index in [4.69, 9.17) is 23.2 Å². The Morgan fingerprint density at radius 2 is 1.75 bits per heavy atom. The van der Waals surface area contributed by atoms with Crippen molar-refractivity contribution >= 4 is 29.2 Å². The molecule has 1 atom stereocenters. The molecule has 0 bridgehead atoms. The maximum Gasteiger partial charge on any atom is 0.230 e. The molecule has 4 nitrogen and oxygen atoms in total. The van der Waals surface area contributed by atoms with Gasteiger partial charge in [0.2, 0.25) is 16.5 Å². The molecule has 1 aromatic heterocycles. The molecule has 0 fully saturated rings. The summed E-state index contributed by atoms with van der Waals surface area (Å²) in [6.07, 6.45) is -1.26. The molecular formula is C5H5Cl2FN4. The topological polar surface area (TPSA) is 50.7 Å². The van der Waals surface area contributed by atoms with E-state index < -0.39 is 6.30 Å². The largest absolute Gasteiger partial charge is 0.325 e. The van der Waals surface area contributed by atoms with Gasteiger partial charge in [-0.2, -0.15) is 15.0 Å². The van der Waals surface area contributed by atoms with Crippen LogP contribution in [0.5, 0.6) is 0 Å². The van der Waals surface area contributed by atoms with Gasteiger partial charge in [-0.1, -0.05) is 0 Å². The van der Waals surface area contributed by atoms with E-state index in [1.165, 1.54) is 6.92 Å². The first-order chi connectivity index (χ1) is 5.58. The van der Waals surface area contributed by atoms with Crippen molar-refractivity contribution in [2.75, 3.05) is 5.32 Å². The fourth-order valence-corrected chi connectivity index (χ4v) is 0.932. The van der Waals surface area contributed by atoms with Gasteiger partial charge in [-0.05, 0) is 30.1 Å². The van der Waals surface area contributed by atoms with Crippen molar-refractivity contribution < 1.29 is 4.39 Å². The number of nitrogens with one attached hydrogen (secondary N) is 1. The molecule has 0 aromatic carbocycles. The number of halogens is 3. The number of hydrogen-bond acceptors (Lipinski definition) is 4. The van der Waals surface area contributed by atoms with Gasteiger partial charge in [0.25, 0.3) is 0 Å². The van der Waals surface area contributed by atoms with Gasteiger partial charge < -0.3 is 5.32 Å². The monoisotopic (exact) mass is 210 g/mol. The van der Waals surface area contributed by atoms with Crippen LogP contribution >= 0.6 is 23.2 Å². The van der Waals surface area contributed by atoms with E-state index in [1.54, 1.807) is 0 Å². The molecule has 0 spiro atoms. The van der Waals surface area contributed by atoms with Crippen molar-refractivity contribution in [3.8, 4) is 0 Å². The predicted octanol–water partition coefficient (Wildman–Crippen LogP) is 1.91. The number of hydrogen-bond donors (Lipinski definition) is 1. The maximum absolute atomic E-state index is 12.4. The number of alkyl halides is 1. The highest BCUT2D eigenvalue weighted by atomic mass is 35.5. The summed E-state index contributed by atoms with van der Waals surface area (Å²) in [6.45, 7) is 1.30. The molecule has 0 saturated heterocycles. The molecule has 1 N–H and O–H groups in total. The third-order valence-electron chi connectivity index (χ3n) is 0.909. The number of rotatable bonds is 2. The summed E-state index contributed by atoms with van der Waals surface area (Å²) >= 11 is 10.8. The highest BCUT2D eigenvalue weighted by Crippen LogP contribution is 2.10. The minimum atomic E-state index is -1.26. The zero-order valence-electron chi connectivity index (χ0n) is 6.05.